The second-order valence-electron chi connectivity index (χ2n) is 10.8. The van der Waals surface area contributed by atoms with E-state index in [1.165, 1.54) is 11.1 Å². The van der Waals surface area contributed by atoms with E-state index >= 15 is 0 Å². The fraction of sp³-hybridized carbons (Fsp3) is 0.500. The highest BCUT2D eigenvalue weighted by atomic mass is 16.5. The quantitative estimate of drug-likeness (QED) is 0.436. The van der Waals surface area contributed by atoms with E-state index in [0.717, 1.165) is 50.8 Å². The Bertz CT molecular complexity index is 1310. The number of rotatable bonds is 8. The van der Waals surface area contributed by atoms with E-state index in [2.05, 4.69) is 48.2 Å². The lowest BCUT2D eigenvalue weighted by molar-refractivity contribution is 0.0357. The molecule has 2 aromatic carbocycles. The Kier molecular flexibility index (Phi) is 6.82. The zero-order chi connectivity index (χ0) is 26.2. The molecule has 2 aliphatic rings. The summed E-state index contributed by atoms with van der Waals surface area (Å²) in [5.41, 5.74) is 4.82. The van der Waals surface area contributed by atoms with Gasteiger partial charge < -0.3 is 14.4 Å². The fourth-order valence-corrected chi connectivity index (χ4v) is 6.34. The zero-order valence-electron chi connectivity index (χ0n) is 22.3. The SMILES string of the molecule is CCC(CC)(CO)N1CCC2(CCc3c(-c4noc(-c5ccc(OC(C)C)c(C#N)c5)n4)cccc32)C1. The number of ether oxygens (including phenoxy) is 1. The number of aliphatic hydroxyl groups is 1. The van der Waals surface area contributed by atoms with Gasteiger partial charge in [-0.1, -0.05) is 37.2 Å². The fourth-order valence-electron chi connectivity index (χ4n) is 6.34. The van der Waals surface area contributed by atoms with E-state index < -0.39 is 0 Å². The molecule has 0 radical (unpaired) electrons. The lowest BCUT2D eigenvalue weighted by atomic mass is 9.80. The van der Waals surface area contributed by atoms with E-state index in [1.807, 2.05) is 19.9 Å². The Morgan fingerprint density at radius 1 is 1.22 bits per heavy atom. The highest BCUT2D eigenvalue weighted by Gasteiger charge is 2.49. The summed E-state index contributed by atoms with van der Waals surface area (Å²) >= 11 is 0. The third-order valence-corrected chi connectivity index (χ3v) is 8.61. The van der Waals surface area contributed by atoms with Crippen LogP contribution in [-0.4, -0.2) is 51.5 Å². The number of nitriles is 1. The molecule has 1 saturated heterocycles. The second-order valence-corrected chi connectivity index (χ2v) is 10.8. The Balaban J connectivity index is 1.44. The standard InChI is InChI=1S/C30H36N4O3/c1-5-30(6-2,19-35)34-15-14-29(18-34)13-12-23-24(8-7-9-25(23)29)27-32-28(37-33-27)21-10-11-26(36-20(3)4)22(16-21)17-31/h7-11,16,20,35H,5-6,12-15,18-19H2,1-4H3. The topological polar surface area (TPSA) is 95.4 Å². The van der Waals surface area contributed by atoms with Crippen molar-refractivity contribution < 1.29 is 14.4 Å². The van der Waals surface area contributed by atoms with Crippen LogP contribution in [0, 0.1) is 11.3 Å². The lowest BCUT2D eigenvalue weighted by Crippen LogP contribution is -2.50. The minimum absolute atomic E-state index is 0.0209. The summed E-state index contributed by atoms with van der Waals surface area (Å²) in [6.45, 7) is 10.4. The molecular formula is C30H36N4O3. The van der Waals surface area contributed by atoms with Gasteiger partial charge >= 0.3 is 0 Å². The lowest BCUT2D eigenvalue weighted by Gasteiger charge is -2.40. The molecule has 1 aliphatic carbocycles. The maximum Gasteiger partial charge on any atom is 0.258 e. The maximum atomic E-state index is 10.2. The van der Waals surface area contributed by atoms with Crippen LogP contribution in [0.3, 0.4) is 0 Å². The van der Waals surface area contributed by atoms with Gasteiger partial charge in [0.15, 0.2) is 0 Å². The van der Waals surface area contributed by atoms with E-state index in [9.17, 15) is 10.4 Å². The van der Waals surface area contributed by atoms with Crippen LogP contribution in [0.2, 0.25) is 0 Å². The Morgan fingerprint density at radius 2 is 2.03 bits per heavy atom. The third-order valence-electron chi connectivity index (χ3n) is 8.61. The van der Waals surface area contributed by atoms with Crippen LogP contribution >= 0.6 is 0 Å². The monoisotopic (exact) mass is 500 g/mol. The summed E-state index contributed by atoms with van der Waals surface area (Å²) in [7, 11) is 0. The van der Waals surface area contributed by atoms with Crippen LogP contribution in [0.25, 0.3) is 22.8 Å². The van der Waals surface area contributed by atoms with Crippen molar-refractivity contribution in [2.45, 2.75) is 76.9 Å². The first-order valence-corrected chi connectivity index (χ1v) is 13.4. The molecule has 0 amide bonds. The number of fused-ring (bicyclic) bond motifs is 2. The molecule has 1 fully saturated rings. The largest absolute Gasteiger partial charge is 0.490 e. The summed E-state index contributed by atoms with van der Waals surface area (Å²) in [6.07, 6.45) is 5.06. The minimum atomic E-state index is -0.134. The molecule has 1 aromatic heterocycles. The van der Waals surface area contributed by atoms with E-state index in [1.54, 1.807) is 12.1 Å². The number of aliphatic hydroxyl groups excluding tert-OH is 1. The highest BCUT2D eigenvalue weighted by Crippen LogP contribution is 2.49. The Morgan fingerprint density at radius 3 is 2.73 bits per heavy atom. The molecule has 1 N–H and O–H groups in total. The van der Waals surface area contributed by atoms with Crippen molar-refractivity contribution >= 4 is 0 Å². The smallest absolute Gasteiger partial charge is 0.258 e. The molecule has 37 heavy (non-hydrogen) atoms. The average molecular weight is 501 g/mol. The first-order valence-electron chi connectivity index (χ1n) is 13.4. The second kappa shape index (κ2) is 9.92. The molecule has 0 bridgehead atoms. The third kappa shape index (κ3) is 4.32. The van der Waals surface area contributed by atoms with E-state index in [4.69, 9.17) is 14.2 Å². The van der Waals surface area contributed by atoms with Crippen molar-refractivity contribution in [2.75, 3.05) is 19.7 Å². The molecule has 3 aromatic rings. The summed E-state index contributed by atoms with van der Waals surface area (Å²) in [5, 5.41) is 24.2. The predicted octanol–water partition coefficient (Wildman–Crippen LogP) is 5.50. The number of hydrogen-bond donors (Lipinski definition) is 1. The number of benzene rings is 2. The van der Waals surface area contributed by atoms with Crippen LogP contribution < -0.4 is 4.74 Å². The van der Waals surface area contributed by atoms with Crippen LogP contribution in [-0.2, 0) is 11.8 Å². The van der Waals surface area contributed by atoms with Gasteiger partial charge in [0.05, 0.1) is 18.3 Å². The number of hydrogen-bond acceptors (Lipinski definition) is 7. The molecule has 1 aliphatic heterocycles. The van der Waals surface area contributed by atoms with Crippen molar-refractivity contribution in [3.05, 3.63) is 53.1 Å². The number of nitrogens with zero attached hydrogens (tertiary/aromatic N) is 4. The summed E-state index contributed by atoms with van der Waals surface area (Å²) in [5.74, 6) is 1.51. The van der Waals surface area contributed by atoms with Crippen LogP contribution in [0.1, 0.15) is 70.1 Å². The van der Waals surface area contributed by atoms with Crippen LogP contribution in [0.4, 0.5) is 0 Å². The van der Waals surface area contributed by atoms with Gasteiger partial charge in [-0.05, 0) is 81.8 Å². The molecule has 5 rings (SSSR count). The molecule has 1 unspecified atom stereocenters. The van der Waals surface area contributed by atoms with Gasteiger partial charge in [0, 0.05) is 28.6 Å². The molecule has 7 heteroatoms. The maximum absolute atomic E-state index is 10.2. The molecular weight excluding hydrogens is 464 g/mol. The predicted molar refractivity (Wildman–Crippen MR) is 142 cm³/mol. The number of likely N-dealkylation sites (tertiary alicyclic amines) is 1. The van der Waals surface area contributed by atoms with Crippen molar-refractivity contribution in [1.82, 2.24) is 15.0 Å². The molecule has 1 spiro atoms. The molecule has 2 heterocycles. The number of aromatic nitrogens is 2. The van der Waals surface area contributed by atoms with Crippen molar-refractivity contribution in [1.29, 1.82) is 5.26 Å². The Hall–Kier alpha value is -3.21. The van der Waals surface area contributed by atoms with Crippen LogP contribution in [0.5, 0.6) is 5.75 Å². The first-order chi connectivity index (χ1) is 17.9. The molecule has 194 valence electrons. The minimum Gasteiger partial charge on any atom is -0.490 e. The normalized spacial score (nSPS) is 19.5. The van der Waals surface area contributed by atoms with Gasteiger partial charge in [-0.25, -0.2) is 0 Å². The van der Waals surface area contributed by atoms with Crippen LogP contribution in [0.15, 0.2) is 40.9 Å². The van der Waals surface area contributed by atoms with Gasteiger partial charge in [-0.3, -0.25) is 4.90 Å². The van der Waals surface area contributed by atoms with Crippen molar-refractivity contribution in [3.63, 3.8) is 0 Å². The Labute approximate surface area is 219 Å². The summed E-state index contributed by atoms with van der Waals surface area (Å²) < 4.78 is 11.4. The van der Waals surface area contributed by atoms with Gasteiger partial charge in [0.2, 0.25) is 5.82 Å². The molecule has 1 atom stereocenters. The summed E-state index contributed by atoms with van der Waals surface area (Å²) in [6, 6.07) is 14.0. The van der Waals surface area contributed by atoms with E-state index in [-0.39, 0.29) is 23.7 Å². The van der Waals surface area contributed by atoms with Gasteiger partial charge in [-0.15, -0.1) is 0 Å². The molecule has 7 nitrogen and oxygen atoms in total. The van der Waals surface area contributed by atoms with E-state index in [0.29, 0.717) is 28.6 Å². The van der Waals surface area contributed by atoms with Crippen molar-refractivity contribution in [3.8, 4) is 34.7 Å². The first kappa shape index (κ1) is 25.4. The molecule has 0 saturated carbocycles. The zero-order valence-corrected chi connectivity index (χ0v) is 22.3. The van der Waals surface area contributed by atoms with Gasteiger partial charge in [-0.2, -0.15) is 10.2 Å². The van der Waals surface area contributed by atoms with Gasteiger partial charge in [0.25, 0.3) is 5.89 Å². The van der Waals surface area contributed by atoms with Gasteiger partial charge in [0.1, 0.15) is 11.8 Å². The highest BCUT2D eigenvalue weighted by molar-refractivity contribution is 5.68. The average Bonchev–Trinajstić information content (AvgIpc) is 3.66. The van der Waals surface area contributed by atoms with Crippen molar-refractivity contribution in [2.24, 2.45) is 0 Å². The summed E-state index contributed by atoms with van der Waals surface area (Å²) in [4.78, 5) is 7.26.